The zero-order valence-electron chi connectivity index (χ0n) is 43.0. The second-order valence-corrected chi connectivity index (χ2v) is 21.0. The summed E-state index contributed by atoms with van der Waals surface area (Å²) in [7, 11) is 0. The van der Waals surface area contributed by atoms with Gasteiger partial charge < -0.3 is 121 Å². The van der Waals surface area contributed by atoms with Crippen LogP contribution in [0.4, 0.5) is 0 Å². The van der Waals surface area contributed by atoms with E-state index in [1.54, 1.807) is 0 Å². The standard InChI is InChI=1S/C60H50O24/c61-23-13-33(70)42-40(14-23)82-57(20-2-6-26(63)30(67)10-20)53(78)48(42)44-37(74)18-41-47(52(44)77)50(55(80)58(83-41)21-3-7-27(64)31(68)11-21)46-35(72)16-34(71)45-49(54(79)59(84-60(45)46)22-4-8-28(65)32(69)12-22)43-36(73)17-39-24(51(43)76)15-38(75)56(81-39)19-1-5-25(62)29(66)9-19/h1-14,16-18,38,48-50,53-59,61-80H,15H2/t38-,48+,49-,50+,53+,54+,55+,56-,57+,58-,59+/m0/s1. The molecule has 11 atom stereocenters. The quantitative estimate of drug-likeness (QED) is 0.0827. The minimum atomic E-state index is -2.15. The zero-order valence-corrected chi connectivity index (χ0v) is 43.0. The summed E-state index contributed by atoms with van der Waals surface area (Å²) >= 11 is 0. The maximum atomic E-state index is 13.0. The Labute approximate surface area is 472 Å². The van der Waals surface area contributed by atoms with Gasteiger partial charge in [0.05, 0.1) is 23.9 Å². The molecule has 0 saturated heterocycles. The second kappa shape index (κ2) is 19.7. The predicted molar refractivity (Wildman–Crippen MR) is 285 cm³/mol. The van der Waals surface area contributed by atoms with Gasteiger partial charge in [0, 0.05) is 75.7 Å². The molecule has 12 rings (SSSR count). The molecule has 434 valence electrons. The van der Waals surface area contributed by atoms with Crippen LogP contribution in [0.15, 0.2) is 103 Å². The molecule has 24 heteroatoms. The highest BCUT2D eigenvalue weighted by molar-refractivity contribution is 5.73. The van der Waals surface area contributed by atoms with Crippen LogP contribution < -0.4 is 18.9 Å². The number of ether oxygens (including phenoxy) is 4. The van der Waals surface area contributed by atoms with Crippen LogP contribution in [-0.2, 0) is 6.42 Å². The van der Waals surface area contributed by atoms with E-state index in [-0.39, 0.29) is 44.9 Å². The van der Waals surface area contributed by atoms with Crippen LogP contribution in [0.25, 0.3) is 0 Å². The third kappa shape index (κ3) is 8.44. The summed E-state index contributed by atoms with van der Waals surface area (Å²) in [5, 5.41) is 229. The molecule has 8 aromatic rings. The smallest absolute Gasteiger partial charge is 0.157 e. The van der Waals surface area contributed by atoms with Gasteiger partial charge in [-0.05, 0) is 70.8 Å². The predicted octanol–water partition coefficient (Wildman–Crippen LogP) is 5.89. The zero-order chi connectivity index (χ0) is 59.8. The number of benzene rings is 8. The molecule has 0 radical (unpaired) electrons. The van der Waals surface area contributed by atoms with E-state index in [9.17, 15) is 102 Å². The van der Waals surface area contributed by atoms with Crippen molar-refractivity contribution in [2.75, 3.05) is 0 Å². The molecule has 0 spiro atoms. The molecule has 24 nitrogen and oxygen atoms in total. The monoisotopic (exact) mass is 1150 g/mol. The van der Waals surface area contributed by atoms with Crippen LogP contribution in [0.2, 0.25) is 0 Å². The lowest BCUT2D eigenvalue weighted by atomic mass is 9.72. The molecule has 0 bridgehead atoms. The lowest BCUT2D eigenvalue weighted by molar-refractivity contribution is -0.00429. The number of phenols is 16. The molecule has 0 unspecified atom stereocenters. The van der Waals surface area contributed by atoms with E-state index in [2.05, 4.69) is 0 Å². The van der Waals surface area contributed by atoms with Crippen molar-refractivity contribution < 1.29 is 121 Å². The first-order valence-corrected chi connectivity index (χ1v) is 25.7. The molecule has 0 aliphatic carbocycles. The van der Waals surface area contributed by atoms with Gasteiger partial charge in [-0.3, -0.25) is 0 Å². The third-order valence-electron chi connectivity index (χ3n) is 16.0. The number of aliphatic hydroxyl groups excluding tert-OH is 4. The van der Waals surface area contributed by atoms with Crippen molar-refractivity contribution in [1.82, 2.24) is 0 Å². The number of aromatic hydroxyl groups is 16. The molecule has 0 aromatic heterocycles. The molecule has 0 fully saturated rings. The third-order valence-corrected chi connectivity index (χ3v) is 16.0. The van der Waals surface area contributed by atoms with E-state index in [1.165, 1.54) is 24.3 Å². The van der Waals surface area contributed by atoms with Crippen molar-refractivity contribution in [1.29, 1.82) is 0 Å². The van der Waals surface area contributed by atoms with E-state index in [1.807, 2.05) is 0 Å². The second-order valence-electron chi connectivity index (χ2n) is 21.0. The molecular formula is C60H50O24. The summed E-state index contributed by atoms with van der Waals surface area (Å²) in [5.74, 6) is -18.9. The molecule has 0 amide bonds. The van der Waals surface area contributed by atoms with Gasteiger partial charge in [0.15, 0.2) is 64.3 Å². The van der Waals surface area contributed by atoms with E-state index in [4.69, 9.17) is 18.9 Å². The van der Waals surface area contributed by atoms with Crippen LogP contribution >= 0.6 is 0 Å². The largest absolute Gasteiger partial charge is 0.508 e. The summed E-state index contributed by atoms with van der Waals surface area (Å²) in [4.78, 5) is 0. The maximum absolute atomic E-state index is 13.0. The lowest BCUT2D eigenvalue weighted by Crippen LogP contribution is -2.39. The number of fused-ring (bicyclic) bond motifs is 4. The Balaban J connectivity index is 1.10. The molecule has 4 heterocycles. The Kier molecular flexibility index (Phi) is 12.7. The fourth-order valence-electron chi connectivity index (χ4n) is 12.1. The van der Waals surface area contributed by atoms with E-state index in [0.717, 1.165) is 78.9 Å². The van der Waals surface area contributed by atoms with Crippen LogP contribution in [0, 0.1) is 0 Å². The minimum Gasteiger partial charge on any atom is -0.508 e. The van der Waals surface area contributed by atoms with Gasteiger partial charge in [0.25, 0.3) is 0 Å². The van der Waals surface area contributed by atoms with E-state index in [0.29, 0.717) is 0 Å². The average Bonchev–Trinajstić information content (AvgIpc) is 1.63. The van der Waals surface area contributed by atoms with Gasteiger partial charge in [-0.1, -0.05) is 24.3 Å². The summed E-state index contributed by atoms with van der Waals surface area (Å²) < 4.78 is 25.1. The number of rotatable bonds is 7. The number of aliphatic hydroxyl groups is 4. The fraction of sp³-hybridized carbons (Fsp3) is 0.200. The highest BCUT2D eigenvalue weighted by Crippen LogP contribution is 2.64. The summed E-state index contributed by atoms with van der Waals surface area (Å²) in [6.07, 6.45) is -14.5. The first-order chi connectivity index (χ1) is 39.9. The SMILES string of the molecule is Oc1cc(O)c2c(c1)O[C@H](c1ccc(O)c(O)c1)[C@H](O)[C@H]2c1c(O)cc2c(c1O)[C@@H](c1c(O)cc(O)c3c1O[C@H](c1ccc(O)c(O)c1)[C@H](O)[C@H]3c1c(O)cc3c(c1O)C[C@H](O)[C@H](c1ccc(O)c(O)c1)O3)[C@@H](O)[C@H](c1ccc(O)c(O)c1)O2. The van der Waals surface area contributed by atoms with Crippen molar-refractivity contribution in [3.8, 4) is 115 Å². The van der Waals surface area contributed by atoms with Gasteiger partial charge in [0.1, 0.15) is 93.4 Å². The Bertz CT molecular complexity index is 4030. The van der Waals surface area contributed by atoms with Crippen molar-refractivity contribution >= 4 is 0 Å². The number of hydrogen-bond acceptors (Lipinski definition) is 24. The lowest BCUT2D eigenvalue weighted by Gasteiger charge is -2.43. The van der Waals surface area contributed by atoms with Crippen LogP contribution in [0.5, 0.6) is 115 Å². The number of hydrogen-bond donors (Lipinski definition) is 20. The highest BCUT2D eigenvalue weighted by atomic mass is 16.5. The Hall–Kier alpha value is -10.4. The first-order valence-electron chi connectivity index (χ1n) is 25.7. The van der Waals surface area contributed by atoms with Crippen LogP contribution in [0.3, 0.4) is 0 Å². The van der Waals surface area contributed by atoms with Crippen molar-refractivity contribution in [2.24, 2.45) is 0 Å². The Morgan fingerprint density at radius 2 is 0.643 bits per heavy atom. The van der Waals surface area contributed by atoms with Crippen molar-refractivity contribution in [3.05, 3.63) is 164 Å². The van der Waals surface area contributed by atoms with Gasteiger partial charge in [-0.2, -0.15) is 0 Å². The number of phenolic OH excluding ortho intramolecular Hbond substituents is 16. The van der Waals surface area contributed by atoms with E-state index >= 15 is 0 Å². The normalized spacial score (nSPS) is 24.0. The molecule has 8 aromatic carbocycles. The minimum absolute atomic E-state index is 0.00462. The summed E-state index contributed by atoms with van der Waals surface area (Å²) in [6.45, 7) is 0. The van der Waals surface area contributed by atoms with Gasteiger partial charge in [0.2, 0.25) is 0 Å². The Morgan fingerprint density at radius 3 is 1.11 bits per heavy atom. The highest BCUT2D eigenvalue weighted by Gasteiger charge is 2.52. The van der Waals surface area contributed by atoms with Crippen LogP contribution in [0.1, 0.15) is 103 Å². The summed E-state index contributed by atoms with van der Waals surface area (Å²) in [6, 6.07) is 18.2. The first kappa shape index (κ1) is 54.2. The average molecular weight is 1160 g/mol. The molecule has 20 N–H and O–H groups in total. The molecular weight excluding hydrogens is 1100 g/mol. The molecule has 84 heavy (non-hydrogen) atoms. The Morgan fingerprint density at radius 1 is 0.286 bits per heavy atom. The van der Waals surface area contributed by atoms with Crippen molar-refractivity contribution in [2.45, 2.75) is 73.0 Å². The molecule has 0 saturated carbocycles. The fourth-order valence-corrected chi connectivity index (χ4v) is 12.1. The topological polar surface area (TPSA) is 442 Å². The molecule has 4 aliphatic heterocycles. The van der Waals surface area contributed by atoms with Crippen LogP contribution in [-0.4, -0.2) is 127 Å². The maximum Gasteiger partial charge on any atom is 0.157 e. The van der Waals surface area contributed by atoms with E-state index < -0.39 is 204 Å². The van der Waals surface area contributed by atoms with Gasteiger partial charge >= 0.3 is 0 Å². The van der Waals surface area contributed by atoms with Gasteiger partial charge in [-0.25, -0.2) is 0 Å². The molecule has 4 aliphatic rings. The summed E-state index contributed by atoms with van der Waals surface area (Å²) in [5.41, 5.74) is -3.37. The van der Waals surface area contributed by atoms with Crippen molar-refractivity contribution in [3.63, 3.8) is 0 Å². The van der Waals surface area contributed by atoms with Gasteiger partial charge in [-0.15, -0.1) is 0 Å².